The van der Waals surface area contributed by atoms with Crippen LogP contribution in [0.3, 0.4) is 0 Å². The number of nitrogens with zero attached hydrogens (tertiary/aromatic N) is 4. The first-order valence-electron chi connectivity index (χ1n) is 11.2. The summed E-state index contributed by atoms with van der Waals surface area (Å²) in [6, 6.07) is 5.15. The first-order chi connectivity index (χ1) is 16.5. The van der Waals surface area contributed by atoms with E-state index in [0.29, 0.717) is 35.4 Å². The zero-order chi connectivity index (χ0) is 23.5. The summed E-state index contributed by atoms with van der Waals surface area (Å²) in [7, 11) is 0. The van der Waals surface area contributed by atoms with Crippen molar-refractivity contribution >= 4 is 28.7 Å². The van der Waals surface area contributed by atoms with E-state index >= 15 is 0 Å². The van der Waals surface area contributed by atoms with Crippen LogP contribution in [-0.2, 0) is 4.74 Å². The van der Waals surface area contributed by atoms with Gasteiger partial charge in [0.1, 0.15) is 23.3 Å². The Kier molecular flexibility index (Phi) is 6.63. The van der Waals surface area contributed by atoms with E-state index in [-0.39, 0.29) is 35.5 Å². The lowest BCUT2D eigenvalue weighted by Crippen LogP contribution is -2.42. The summed E-state index contributed by atoms with van der Waals surface area (Å²) in [6.45, 7) is 4.62. The van der Waals surface area contributed by atoms with E-state index in [1.807, 2.05) is 6.92 Å². The summed E-state index contributed by atoms with van der Waals surface area (Å²) in [5.74, 6) is 1.46. The molecule has 2 amide bonds. The maximum absolute atomic E-state index is 12.9. The quantitative estimate of drug-likeness (QED) is 0.667. The van der Waals surface area contributed by atoms with Crippen LogP contribution < -0.4 is 14.8 Å². The number of hydrogen-bond donors (Lipinski definition) is 1. The fourth-order valence-electron chi connectivity index (χ4n) is 3.62. The summed E-state index contributed by atoms with van der Waals surface area (Å²) in [5.41, 5.74) is 0.640. The number of benzene rings is 1. The molecule has 1 N–H and O–H groups in total. The number of nitrogens with one attached hydrogen (secondary N) is 1. The van der Waals surface area contributed by atoms with E-state index in [0.717, 1.165) is 31.7 Å². The molecule has 0 radical (unpaired) electrons. The Bertz CT molecular complexity index is 1100. The number of ether oxygens (including phenoxy) is 3. The number of carbonyl (C=O) groups is 2. The summed E-state index contributed by atoms with van der Waals surface area (Å²) in [5, 5.41) is 3.45. The van der Waals surface area contributed by atoms with Gasteiger partial charge in [0.15, 0.2) is 5.17 Å². The molecule has 1 aromatic carbocycles. The minimum absolute atomic E-state index is 0.0895. The zero-order valence-electron chi connectivity index (χ0n) is 18.7. The molecule has 3 aliphatic rings. The van der Waals surface area contributed by atoms with Gasteiger partial charge in [-0.05, 0) is 25.5 Å². The molecule has 0 spiro atoms. The molecule has 1 unspecified atom stereocenters. The van der Waals surface area contributed by atoms with Crippen LogP contribution in [0.15, 0.2) is 35.6 Å². The van der Waals surface area contributed by atoms with Gasteiger partial charge in [0.25, 0.3) is 11.8 Å². The highest BCUT2D eigenvalue weighted by molar-refractivity contribution is 8.14. The smallest absolute Gasteiger partial charge is 0.274 e. The van der Waals surface area contributed by atoms with Gasteiger partial charge < -0.3 is 24.4 Å². The Hall–Kier alpha value is -3.18. The van der Waals surface area contributed by atoms with Crippen molar-refractivity contribution in [2.24, 2.45) is 4.99 Å². The van der Waals surface area contributed by atoms with Crippen molar-refractivity contribution in [1.29, 1.82) is 0 Å². The number of thioether (sulfide) groups is 1. The lowest BCUT2D eigenvalue weighted by Gasteiger charge is -2.30. The normalized spacial score (nSPS) is 21.6. The molecule has 11 heteroatoms. The fraction of sp³-hybridized carbons (Fsp3) is 0.435. The monoisotopic (exact) mass is 483 g/mol. The molecule has 4 heterocycles. The van der Waals surface area contributed by atoms with E-state index in [2.05, 4.69) is 20.3 Å². The topological polar surface area (TPSA) is 115 Å². The van der Waals surface area contributed by atoms with Gasteiger partial charge in [-0.15, -0.1) is 0 Å². The van der Waals surface area contributed by atoms with Gasteiger partial charge in [-0.3, -0.25) is 14.6 Å². The van der Waals surface area contributed by atoms with Crippen LogP contribution >= 0.6 is 11.8 Å². The first-order valence-corrected chi connectivity index (χ1v) is 12.2. The maximum atomic E-state index is 12.9. The molecular formula is C23H25N5O5S. The van der Waals surface area contributed by atoms with Crippen LogP contribution in [0.4, 0.5) is 0 Å². The second kappa shape index (κ2) is 9.98. The minimum atomic E-state index is -0.306. The average Bonchev–Trinajstić information content (AvgIpc) is 3.44. The highest BCUT2D eigenvalue weighted by Crippen LogP contribution is 2.29. The van der Waals surface area contributed by atoms with Crippen molar-refractivity contribution in [3.8, 4) is 17.4 Å². The van der Waals surface area contributed by atoms with Crippen molar-refractivity contribution in [2.75, 3.05) is 32.1 Å². The van der Waals surface area contributed by atoms with E-state index < -0.39 is 0 Å². The molecule has 10 nitrogen and oxygen atoms in total. The second-order valence-corrected chi connectivity index (χ2v) is 9.34. The van der Waals surface area contributed by atoms with Gasteiger partial charge in [0, 0.05) is 36.9 Å². The molecule has 178 valence electrons. The van der Waals surface area contributed by atoms with Crippen molar-refractivity contribution < 1.29 is 23.8 Å². The molecule has 0 bridgehead atoms. The van der Waals surface area contributed by atoms with E-state index in [9.17, 15) is 9.59 Å². The number of aromatic nitrogens is 2. The Morgan fingerprint density at radius 1 is 1.18 bits per heavy atom. The van der Waals surface area contributed by atoms with Crippen LogP contribution in [0.5, 0.6) is 17.4 Å². The number of likely N-dealkylation sites (tertiary alicyclic amines) is 1. The summed E-state index contributed by atoms with van der Waals surface area (Å²) >= 11 is 1.51. The zero-order valence-corrected chi connectivity index (χ0v) is 19.5. The predicted octanol–water partition coefficient (Wildman–Crippen LogP) is 2.50. The summed E-state index contributed by atoms with van der Waals surface area (Å²) in [4.78, 5) is 39.7. The van der Waals surface area contributed by atoms with Crippen molar-refractivity contribution in [3.05, 3.63) is 41.9 Å². The van der Waals surface area contributed by atoms with E-state index in [1.165, 1.54) is 24.2 Å². The summed E-state index contributed by atoms with van der Waals surface area (Å²) in [6.07, 6.45) is 4.49. The number of amides is 2. The molecular weight excluding hydrogens is 458 g/mol. The number of hydrogen-bond acceptors (Lipinski definition) is 9. The molecule has 0 aliphatic carbocycles. The highest BCUT2D eigenvalue weighted by Gasteiger charge is 2.24. The van der Waals surface area contributed by atoms with Crippen LogP contribution in [0.1, 0.15) is 40.6 Å². The van der Waals surface area contributed by atoms with Crippen LogP contribution in [0.2, 0.25) is 0 Å². The predicted molar refractivity (Wildman–Crippen MR) is 126 cm³/mol. The number of amidine groups is 1. The Morgan fingerprint density at radius 2 is 2.03 bits per heavy atom. The average molecular weight is 484 g/mol. The Morgan fingerprint density at radius 3 is 2.68 bits per heavy atom. The molecule has 34 heavy (non-hydrogen) atoms. The lowest BCUT2D eigenvalue weighted by atomic mass is 10.2. The number of carbonyl (C=O) groups excluding carboxylic acids is 2. The lowest BCUT2D eigenvalue weighted by molar-refractivity contribution is 0.0645. The third-order valence-electron chi connectivity index (χ3n) is 5.57. The molecule has 3 aliphatic heterocycles. The molecule has 2 fully saturated rings. The van der Waals surface area contributed by atoms with Crippen molar-refractivity contribution in [3.63, 3.8) is 0 Å². The molecule has 0 saturated carbocycles. The van der Waals surface area contributed by atoms with Gasteiger partial charge in [-0.25, -0.2) is 9.97 Å². The third-order valence-corrected chi connectivity index (χ3v) is 6.70. The largest absolute Gasteiger partial charge is 0.488 e. The van der Waals surface area contributed by atoms with Gasteiger partial charge in [-0.2, -0.15) is 0 Å². The van der Waals surface area contributed by atoms with Crippen LogP contribution in [-0.4, -0.2) is 76.1 Å². The summed E-state index contributed by atoms with van der Waals surface area (Å²) < 4.78 is 17.3. The van der Waals surface area contributed by atoms with E-state index in [1.54, 1.807) is 23.1 Å². The van der Waals surface area contributed by atoms with Gasteiger partial charge >= 0.3 is 0 Å². The van der Waals surface area contributed by atoms with Gasteiger partial charge in [0.05, 0.1) is 31.6 Å². The minimum Gasteiger partial charge on any atom is -0.488 e. The molecule has 2 saturated heterocycles. The fourth-order valence-corrected chi connectivity index (χ4v) is 4.51. The van der Waals surface area contributed by atoms with Crippen molar-refractivity contribution in [2.45, 2.75) is 31.9 Å². The maximum Gasteiger partial charge on any atom is 0.274 e. The SMILES string of the molecule is CC1CSC(NC(=O)c2cc(Oc3cnc(C(=O)N4CCC4)cn3)cc(O[C@H]3CCOC3)c2)=N1. The van der Waals surface area contributed by atoms with Gasteiger partial charge in [0.2, 0.25) is 5.88 Å². The highest BCUT2D eigenvalue weighted by atomic mass is 32.2. The first kappa shape index (κ1) is 22.6. The molecule has 5 rings (SSSR count). The van der Waals surface area contributed by atoms with Gasteiger partial charge in [-0.1, -0.05) is 11.8 Å². The van der Waals surface area contributed by atoms with E-state index in [4.69, 9.17) is 14.2 Å². The van der Waals surface area contributed by atoms with Crippen LogP contribution in [0, 0.1) is 0 Å². The second-order valence-electron chi connectivity index (χ2n) is 8.33. The Labute approximate surface area is 201 Å². The number of rotatable bonds is 6. The molecule has 2 atom stereocenters. The standard InChI is InChI=1S/C23H25N5O5S/c1-14-13-34-23(26-14)27-21(29)15-7-17(32-16-3-6-31-12-16)9-18(8-15)33-20-11-24-19(10-25-20)22(30)28-4-2-5-28/h7-11,14,16H,2-6,12-13H2,1H3,(H,26,27,29)/t14?,16-/m0/s1. The Balaban J connectivity index is 1.34. The van der Waals surface area contributed by atoms with Crippen LogP contribution in [0.25, 0.3) is 0 Å². The molecule has 2 aromatic rings. The molecule has 1 aromatic heterocycles. The third kappa shape index (κ3) is 5.31. The van der Waals surface area contributed by atoms with Crippen molar-refractivity contribution in [1.82, 2.24) is 20.2 Å². The number of aliphatic imine (C=N–C) groups is 1.